The number of benzene rings is 2. The van der Waals surface area contributed by atoms with Crippen LogP contribution in [0.2, 0.25) is 0 Å². The molecule has 0 radical (unpaired) electrons. The first-order valence-corrected chi connectivity index (χ1v) is 5.84. The predicted octanol–water partition coefficient (Wildman–Crippen LogP) is 3.21. The van der Waals surface area contributed by atoms with Crippen molar-refractivity contribution in [3.8, 4) is 17.6 Å². The van der Waals surface area contributed by atoms with Crippen LogP contribution in [0.25, 0.3) is 0 Å². The van der Waals surface area contributed by atoms with Gasteiger partial charge in [0.1, 0.15) is 11.8 Å². The van der Waals surface area contributed by atoms with Crippen molar-refractivity contribution in [2.24, 2.45) is 0 Å². The van der Waals surface area contributed by atoms with E-state index in [0.717, 1.165) is 5.56 Å². The van der Waals surface area contributed by atoms with Crippen molar-refractivity contribution >= 4 is 0 Å². The largest absolute Gasteiger partial charge is 0.453 e. The van der Waals surface area contributed by atoms with E-state index in [1.807, 2.05) is 13.1 Å². The van der Waals surface area contributed by atoms with Gasteiger partial charge in [-0.3, -0.25) is 0 Å². The summed E-state index contributed by atoms with van der Waals surface area (Å²) in [5.74, 6) is 0.0125. The van der Waals surface area contributed by atoms with E-state index in [1.54, 1.807) is 24.3 Å². The first kappa shape index (κ1) is 13.1. The summed E-state index contributed by atoms with van der Waals surface area (Å²) in [7, 11) is 1.83. The summed E-state index contributed by atoms with van der Waals surface area (Å²) in [5, 5.41) is 12.1. The minimum atomic E-state index is -0.453. The summed E-state index contributed by atoms with van der Waals surface area (Å²) in [5.41, 5.74) is 1.36. The van der Waals surface area contributed by atoms with E-state index in [4.69, 9.17) is 10.00 Å². The van der Waals surface area contributed by atoms with Crippen LogP contribution in [-0.2, 0) is 6.54 Å². The highest BCUT2D eigenvalue weighted by molar-refractivity contribution is 5.47. The summed E-state index contributed by atoms with van der Waals surface area (Å²) in [6, 6.07) is 13.4. The topological polar surface area (TPSA) is 45.0 Å². The van der Waals surface area contributed by atoms with Gasteiger partial charge in [-0.15, -0.1) is 0 Å². The molecule has 0 aliphatic rings. The Balaban J connectivity index is 2.31. The Kier molecular flexibility index (Phi) is 4.11. The van der Waals surface area contributed by atoms with Gasteiger partial charge in [0, 0.05) is 6.54 Å². The molecule has 1 N–H and O–H groups in total. The molecule has 0 atom stereocenters. The van der Waals surface area contributed by atoms with Gasteiger partial charge < -0.3 is 10.1 Å². The van der Waals surface area contributed by atoms with Crippen LogP contribution in [0.1, 0.15) is 11.1 Å². The molecular formula is C15H13FN2O. The van der Waals surface area contributed by atoms with Gasteiger partial charge in [-0.2, -0.15) is 5.26 Å². The third-order valence-corrected chi connectivity index (χ3v) is 2.60. The van der Waals surface area contributed by atoms with Crippen LogP contribution in [0.4, 0.5) is 4.39 Å². The number of nitrogens with zero attached hydrogens (tertiary/aromatic N) is 1. The van der Waals surface area contributed by atoms with Crippen molar-refractivity contribution < 1.29 is 9.13 Å². The lowest BCUT2D eigenvalue weighted by atomic mass is 10.1. The molecular weight excluding hydrogens is 243 g/mol. The number of rotatable bonds is 4. The van der Waals surface area contributed by atoms with E-state index in [0.29, 0.717) is 17.9 Å². The van der Waals surface area contributed by atoms with Gasteiger partial charge in [0.05, 0.1) is 5.56 Å². The van der Waals surface area contributed by atoms with E-state index < -0.39 is 5.82 Å². The predicted molar refractivity (Wildman–Crippen MR) is 70.4 cm³/mol. The molecule has 3 nitrogen and oxygen atoms in total. The lowest BCUT2D eigenvalue weighted by molar-refractivity contribution is 0.441. The highest BCUT2D eigenvalue weighted by Gasteiger charge is 2.08. The van der Waals surface area contributed by atoms with E-state index in [1.165, 1.54) is 12.1 Å². The van der Waals surface area contributed by atoms with Crippen molar-refractivity contribution in [2.45, 2.75) is 6.54 Å². The first-order chi connectivity index (χ1) is 9.24. The number of ether oxygens (including phenoxy) is 1. The minimum Gasteiger partial charge on any atom is -0.453 e. The Hall–Kier alpha value is -2.38. The minimum absolute atomic E-state index is 0.111. The normalized spacial score (nSPS) is 9.95. The van der Waals surface area contributed by atoms with Crippen molar-refractivity contribution in [3.63, 3.8) is 0 Å². The number of hydrogen-bond acceptors (Lipinski definition) is 3. The van der Waals surface area contributed by atoms with Crippen LogP contribution < -0.4 is 10.1 Å². The molecule has 0 aliphatic heterocycles. The SMILES string of the molecule is CNCc1ccc(Oc2ccccc2F)c(C#N)c1. The van der Waals surface area contributed by atoms with Gasteiger partial charge in [-0.1, -0.05) is 18.2 Å². The second-order valence-electron chi connectivity index (χ2n) is 4.01. The van der Waals surface area contributed by atoms with E-state index in [9.17, 15) is 4.39 Å². The van der Waals surface area contributed by atoms with Crippen LogP contribution in [0.5, 0.6) is 11.5 Å². The van der Waals surface area contributed by atoms with Crippen molar-refractivity contribution in [1.82, 2.24) is 5.32 Å². The highest BCUT2D eigenvalue weighted by Crippen LogP contribution is 2.27. The molecule has 2 aromatic rings. The molecule has 2 aromatic carbocycles. The number of nitrogens with one attached hydrogen (secondary N) is 1. The number of para-hydroxylation sites is 1. The maximum Gasteiger partial charge on any atom is 0.165 e. The molecule has 0 amide bonds. The molecule has 0 unspecified atom stereocenters. The van der Waals surface area contributed by atoms with Crippen LogP contribution in [0.3, 0.4) is 0 Å². The van der Waals surface area contributed by atoms with Crippen LogP contribution in [-0.4, -0.2) is 7.05 Å². The Labute approximate surface area is 111 Å². The third kappa shape index (κ3) is 3.09. The zero-order chi connectivity index (χ0) is 13.7. The lowest BCUT2D eigenvalue weighted by Gasteiger charge is -2.09. The fourth-order valence-corrected chi connectivity index (χ4v) is 1.71. The van der Waals surface area contributed by atoms with Crippen LogP contribution in [0.15, 0.2) is 42.5 Å². The van der Waals surface area contributed by atoms with E-state index >= 15 is 0 Å². The summed E-state index contributed by atoms with van der Waals surface area (Å²) in [6.45, 7) is 0.661. The smallest absolute Gasteiger partial charge is 0.165 e. The second kappa shape index (κ2) is 5.98. The summed E-state index contributed by atoms with van der Waals surface area (Å²) >= 11 is 0. The number of nitriles is 1. The fourth-order valence-electron chi connectivity index (χ4n) is 1.71. The molecule has 2 rings (SSSR count). The lowest BCUT2D eigenvalue weighted by Crippen LogP contribution is -2.05. The van der Waals surface area contributed by atoms with Gasteiger partial charge in [0.2, 0.25) is 0 Å². The summed E-state index contributed by atoms with van der Waals surface area (Å²) in [4.78, 5) is 0. The molecule has 0 saturated carbocycles. The molecule has 4 heteroatoms. The maximum atomic E-state index is 13.5. The monoisotopic (exact) mass is 256 g/mol. The summed E-state index contributed by atoms with van der Waals surface area (Å²) < 4.78 is 18.9. The zero-order valence-electron chi connectivity index (χ0n) is 10.5. The van der Waals surface area contributed by atoms with E-state index in [-0.39, 0.29) is 5.75 Å². The molecule has 0 spiro atoms. The second-order valence-corrected chi connectivity index (χ2v) is 4.01. The molecule has 0 aliphatic carbocycles. The van der Waals surface area contributed by atoms with Crippen molar-refractivity contribution in [2.75, 3.05) is 7.05 Å². The molecule has 0 heterocycles. The van der Waals surface area contributed by atoms with Gasteiger partial charge in [0.15, 0.2) is 11.6 Å². The van der Waals surface area contributed by atoms with Gasteiger partial charge in [0.25, 0.3) is 0 Å². The Morgan fingerprint density at radius 2 is 2.00 bits per heavy atom. The van der Waals surface area contributed by atoms with Gasteiger partial charge in [-0.25, -0.2) is 4.39 Å². The average Bonchev–Trinajstić information content (AvgIpc) is 2.43. The Bertz CT molecular complexity index is 620. The number of halogens is 1. The van der Waals surface area contributed by atoms with Gasteiger partial charge in [-0.05, 0) is 36.9 Å². The van der Waals surface area contributed by atoms with Crippen LogP contribution in [0, 0.1) is 17.1 Å². The fraction of sp³-hybridized carbons (Fsp3) is 0.133. The quantitative estimate of drug-likeness (QED) is 0.913. The van der Waals surface area contributed by atoms with Crippen molar-refractivity contribution in [3.05, 3.63) is 59.4 Å². The van der Waals surface area contributed by atoms with Crippen LogP contribution >= 0.6 is 0 Å². The standard InChI is InChI=1S/C15H13FN2O/c1-18-10-11-6-7-14(12(8-11)9-17)19-15-5-3-2-4-13(15)16/h2-8,18H,10H2,1H3. The molecule has 19 heavy (non-hydrogen) atoms. The van der Waals surface area contributed by atoms with E-state index in [2.05, 4.69) is 11.4 Å². The highest BCUT2D eigenvalue weighted by atomic mass is 19.1. The first-order valence-electron chi connectivity index (χ1n) is 5.84. The maximum absolute atomic E-state index is 13.5. The molecule has 0 bridgehead atoms. The van der Waals surface area contributed by atoms with Crippen molar-refractivity contribution in [1.29, 1.82) is 5.26 Å². The Morgan fingerprint density at radius 3 is 2.68 bits per heavy atom. The summed E-state index contributed by atoms with van der Waals surface area (Å²) in [6.07, 6.45) is 0. The third-order valence-electron chi connectivity index (χ3n) is 2.60. The average molecular weight is 256 g/mol. The number of hydrogen-bond donors (Lipinski definition) is 1. The Morgan fingerprint density at radius 1 is 1.21 bits per heavy atom. The zero-order valence-corrected chi connectivity index (χ0v) is 10.5. The van der Waals surface area contributed by atoms with Gasteiger partial charge >= 0.3 is 0 Å². The molecule has 0 saturated heterocycles. The molecule has 96 valence electrons. The molecule has 0 aromatic heterocycles. The molecule has 0 fully saturated rings.